The lowest BCUT2D eigenvalue weighted by atomic mass is 10.1. The maximum absolute atomic E-state index is 12.0. The zero-order valence-electron chi connectivity index (χ0n) is 14.2. The van der Waals surface area contributed by atoms with Gasteiger partial charge in [-0.2, -0.15) is 5.10 Å². The zero-order chi connectivity index (χ0) is 19.1. The molecule has 8 heteroatoms. The third kappa shape index (κ3) is 2.98. The smallest absolute Gasteiger partial charge is 0.285 e. The predicted octanol–water partition coefficient (Wildman–Crippen LogP) is 4.50. The molecular formula is C19H14Cl2N4O2. The number of aromatic nitrogens is 2. The van der Waals surface area contributed by atoms with Crippen LogP contribution in [0.25, 0.3) is 28.1 Å². The third-order valence-corrected chi connectivity index (χ3v) is 4.76. The van der Waals surface area contributed by atoms with Crippen molar-refractivity contribution in [2.45, 2.75) is 6.92 Å². The van der Waals surface area contributed by atoms with Gasteiger partial charge in [-0.25, -0.2) is 10.5 Å². The topological polar surface area (TPSA) is 86.1 Å². The Morgan fingerprint density at radius 1 is 1.19 bits per heavy atom. The van der Waals surface area contributed by atoms with Crippen molar-refractivity contribution in [3.8, 4) is 17.1 Å². The number of aryl methyl sites for hydroxylation is 1. The highest BCUT2D eigenvalue weighted by molar-refractivity contribution is 6.38. The van der Waals surface area contributed by atoms with Crippen molar-refractivity contribution in [3.63, 3.8) is 0 Å². The summed E-state index contributed by atoms with van der Waals surface area (Å²) in [6.45, 7) is 1.90. The Morgan fingerprint density at radius 3 is 2.63 bits per heavy atom. The van der Waals surface area contributed by atoms with Crippen LogP contribution in [0, 0.1) is 6.92 Å². The molecule has 2 heterocycles. The van der Waals surface area contributed by atoms with Crippen LogP contribution in [-0.4, -0.2) is 15.7 Å². The third-order valence-electron chi connectivity index (χ3n) is 4.26. The molecule has 0 radical (unpaired) electrons. The summed E-state index contributed by atoms with van der Waals surface area (Å²) in [7, 11) is 0. The van der Waals surface area contributed by atoms with E-state index < -0.39 is 5.91 Å². The fourth-order valence-electron chi connectivity index (χ4n) is 2.98. The van der Waals surface area contributed by atoms with Gasteiger partial charge in [0.2, 0.25) is 0 Å². The molecule has 136 valence electrons. The number of hydrogen-bond acceptors (Lipinski definition) is 4. The Hall–Kier alpha value is -2.80. The van der Waals surface area contributed by atoms with Crippen molar-refractivity contribution < 1.29 is 9.21 Å². The van der Waals surface area contributed by atoms with E-state index in [9.17, 15) is 4.79 Å². The molecule has 4 rings (SSSR count). The molecule has 0 fully saturated rings. The molecule has 0 aliphatic rings. The number of furan rings is 1. The van der Waals surface area contributed by atoms with Crippen molar-refractivity contribution in [3.05, 3.63) is 69.8 Å². The molecule has 1 amide bonds. The van der Waals surface area contributed by atoms with Crippen molar-refractivity contribution >= 4 is 40.1 Å². The van der Waals surface area contributed by atoms with Crippen LogP contribution in [0.4, 0.5) is 0 Å². The molecule has 0 unspecified atom stereocenters. The van der Waals surface area contributed by atoms with E-state index in [1.54, 1.807) is 22.9 Å². The van der Waals surface area contributed by atoms with Gasteiger partial charge in [0.05, 0.1) is 10.7 Å². The monoisotopic (exact) mass is 400 g/mol. The molecule has 2 aromatic carbocycles. The van der Waals surface area contributed by atoms with Crippen LogP contribution in [0.3, 0.4) is 0 Å². The van der Waals surface area contributed by atoms with Gasteiger partial charge in [-0.15, -0.1) is 0 Å². The number of benzene rings is 2. The molecule has 0 atom stereocenters. The largest absolute Gasteiger partial charge is 0.453 e. The first-order chi connectivity index (χ1) is 13.0. The Balaban J connectivity index is 2.00. The van der Waals surface area contributed by atoms with Crippen LogP contribution in [0.1, 0.15) is 16.1 Å². The minimum atomic E-state index is -0.499. The van der Waals surface area contributed by atoms with Gasteiger partial charge in [0.15, 0.2) is 17.0 Å². The number of para-hydroxylation sites is 1. The first-order valence-electron chi connectivity index (χ1n) is 8.04. The van der Waals surface area contributed by atoms with E-state index in [0.717, 1.165) is 16.6 Å². The molecule has 0 spiro atoms. The lowest BCUT2D eigenvalue weighted by Crippen LogP contribution is -2.30. The van der Waals surface area contributed by atoms with E-state index in [0.29, 0.717) is 27.1 Å². The van der Waals surface area contributed by atoms with E-state index >= 15 is 0 Å². The van der Waals surface area contributed by atoms with Crippen molar-refractivity contribution in [1.82, 2.24) is 15.2 Å². The Labute approximate surface area is 164 Å². The van der Waals surface area contributed by atoms with Crippen LogP contribution in [-0.2, 0) is 0 Å². The minimum absolute atomic E-state index is 0.167. The summed E-state index contributed by atoms with van der Waals surface area (Å²) in [6.07, 6.45) is 0. The normalized spacial score (nSPS) is 11.1. The van der Waals surface area contributed by atoms with E-state index in [4.69, 9.17) is 33.5 Å². The molecule has 0 aliphatic heterocycles. The van der Waals surface area contributed by atoms with Crippen LogP contribution >= 0.6 is 23.2 Å². The average molecular weight is 401 g/mol. The molecular weight excluding hydrogens is 387 g/mol. The van der Waals surface area contributed by atoms with Crippen LogP contribution in [0.15, 0.2) is 52.9 Å². The lowest BCUT2D eigenvalue weighted by Gasteiger charge is -2.06. The van der Waals surface area contributed by atoms with Gasteiger partial charge < -0.3 is 4.42 Å². The zero-order valence-corrected chi connectivity index (χ0v) is 15.7. The van der Waals surface area contributed by atoms with Crippen LogP contribution in [0.2, 0.25) is 10.0 Å². The number of hydrogen-bond donors (Lipinski definition) is 2. The number of carbonyl (C=O) groups is 1. The van der Waals surface area contributed by atoms with E-state index in [1.807, 2.05) is 37.3 Å². The molecule has 2 aromatic heterocycles. The number of nitrogen functional groups attached to an aromatic ring is 1. The van der Waals surface area contributed by atoms with E-state index in [2.05, 4.69) is 10.5 Å². The maximum Gasteiger partial charge on any atom is 0.285 e. The molecule has 0 bridgehead atoms. The van der Waals surface area contributed by atoms with Gasteiger partial charge in [0.25, 0.3) is 5.91 Å². The number of halogens is 2. The first-order valence-corrected chi connectivity index (χ1v) is 8.80. The first kappa shape index (κ1) is 17.6. The summed E-state index contributed by atoms with van der Waals surface area (Å²) in [6, 6.07) is 14.5. The Morgan fingerprint density at radius 2 is 1.93 bits per heavy atom. The highest BCUT2D eigenvalue weighted by Gasteiger charge is 2.22. The highest BCUT2D eigenvalue weighted by atomic mass is 35.5. The Bertz CT molecular complexity index is 1170. The molecule has 0 aliphatic carbocycles. The molecule has 0 saturated heterocycles. The second-order valence-corrected chi connectivity index (χ2v) is 6.80. The quantitative estimate of drug-likeness (QED) is 0.301. The van der Waals surface area contributed by atoms with E-state index in [1.165, 1.54) is 0 Å². The van der Waals surface area contributed by atoms with Crippen molar-refractivity contribution in [2.75, 3.05) is 0 Å². The maximum atomic E-state index is 12.0. The second-order valence-electron chi connectivity index (χ2n) is 5.96. The van der Waals surface area contributed by atoms with Gasteiger partial charge in [-0.1, -0.05) is 41.4 Å². The fraction of sp³-hybridized carbons (Fsp3) is 0.0526. The van der Waals surface area contributed by atoms with Gasteiger partial charge in [-0.3, -0.25) is 10.2 Å². The summed E-state index contributed by atoms with van der Waals surface area (Å²) in [5.41, 5.74) is 5.00. The van der Waals surface area contributed by atoms with Crippen LogP contribution in [0.5, 0.6) is 0 Å². The Kier molecular flexibility index (Phi) is 4.39. The predicted molar refractivity (Wildman–Crippen MR) is 105 cm³/mol. The number of nitrogens with zero attached hydrogens (tertiary/aromatic N) is 2. The van der Waals surface area contributed by atoms with Gasteiger partial charge in [0, 0.05) is 22.0 Å². The molecule has 27 heavy (non-hydrogen) atoms. The number of nitrogens with one attached hydrogen (secondary N) is 1. The van der Waals surface area contributed by atoms with E-state index in [-0.39, 0.29) is 5.69 Å². The fourth-order valence-corrected chi connectivity index (χ4v) is 3.51. The number of fused-ring (bicyclic) bond motifs is 1. The molecule has 0 saturated carbocycles. The number of rotatable bonds is 3. The summed E-state index contributed by atoms with van der Waals surface area (Å²) in [5, 5.41) is 6.11. The summed E-state index contributed by atoms with van der Waals surface area (Å²) in [5.74, 6) is 5.31. The standard InChI is InChI=1S/C19H14Cl2N4O2/c1-10-13-7-11(20)8-14(21)18(13)27-17(10)16-9-15(19(26)23-22)24-25(16)12-5-3-2-4-6-12/h2-9H,22H2,1H3,(H,23,26). The van der Waals surface area contributed by atoms with Gasteiger partial charge >= 0.3 is 0 Å². The second kappa shape index (κ2) is 6.74. The van der Waals surface area contributed by atoms with Gasteiger partial charge in [0.1, 0.15) is 5.69 Å². The lowest BCUT2D eigenvalue weighted by molar-refractivity contribution is 0.0948. The number of hydrazine groups is 1. The molecule has 3 N–H and O–H groups in total. The summed E-state index contributed by atoms with van der Waals surface area (Å²) < 4.78 is 7.67. The SMILES string of the molecule is Cc1c(-c2cc(C(=O)NN)nn2-c2ccccc2)oc2c(Cl)cc(Cl)cc12. The van der Waals surface area contributed by atoms with Gasteiger partial charge in [-0.05, 0) is 31.2 Å². The number of amides is 1. The molecule has 6 nitrogen and oxygen atoms in total. The average Bonchev–Trinajstić information content (AvgIpc) is 3.24. The number of nitrogens with two attached hydrogens (primary N) is 1. The van der Waals surface area contributed by atoms with Crippen molar-refractivity contribution in [1.29, 1.82) is 0 Å². The number of carbonyl (C=O) groups excluding carboxylic acids is 1. The summed E-state index contributed by atoms with van der Waals surface area (Å²) in [4.78, 5) is 12.0. The minimum Gasteiger partial charge on any atom is -0.453 e. The van der Waals surface area contributed by atoms with Crippen LogP contribution < -0.4 is 11.3 Å². The summed E-state index contributed by atoms with van der Waals surface area (Å²) >= 11 is 12.4. The van der Waals surface area contributed by atoms with Crippen molar-refractivity contribution in [2.24, 2.45) is 5.84 Å². The highest BCUT2D eigenvalue weighted by Crippen LogP contribution is 2.39. The molecule has 4 aromatic rings.